The number of allylic oxidation sites excluding steroid dienone is 8. The maximum Gasteiger partial charge on any atom is 0.254 e. The second-order valence-corrected chi connectivity index (χ2v) is 8.33. The Hall–Kier alpha value is -3.24. The number of fused-ring (bicyclic) bond motifs is 1. The number of hydrogen-bond donors (Lipinski definition) is 0. The molecule has 35 heavy (non-hydrogen) atoms. The molecule has 0 aliphatic heterocycles. The van der Waals surface area contributed by atoms with Crippen molar-refractivity contribution < 1.29 is 43.9 Å². The fourth-order valence-electron chi connectivity index (χ4n) is 4.45. The minimum Gasteiger partial charge on any atom is -0.204 e. The van der Waals surface area contributed by atoms with Crippen LogP contribution in [0.4, 0.5) is 43.9 Å². The number of rotatable bonds is 4. The predicted octanol–water partition coefficient (Wildman–Crippen LogP) is 5.86. The van der Waals surface area contributed by atoms with E-state index in [2.05, 4.69) is 0 Å². The Morgan fingerprint density at radius 3 is 1.40 bits per heavy atom. The predicted molar refractivity (Wildman–Crippen MR) is 109 cm³/mol. The minimum atomic E-state index is -2.54. The molecule has 0 nitrogen and oxygen atoms in total. The van der Waals surface area contributed by atoms with Crippen LogP contribution in [0.5, 0.6) is 0 Å². The zero-order valence-corrected chi connectivity index (χ0v) is 17.9. The quantitative estimate of drug-likeness (QED) is 0.213. The molecular formula is C24H13BF10. The summed E-state index contributed by atoms with van der Waals surface area (Å²) in [5.74, 6) is -25.9. The molecule has 0 heterocycles. The van der Waals surface area contributed by atoms with Crippen molar-refractivity contribution in [2.45, 2.75) is 13.8 Å². The molecule has 0 spiro atoms. The Labute approximate surface area is 193 Å². The van der Waals surface area contributed by atoms with Crippen molar-refractivity contribution in [1.29, 1.82) is 0 Å². The third kappa shape index (κ3) is 3.63. The number of halogens is 10. The second kappa shape index (κ2) is 8.76. The molecule has 1 unspecified atom stereocenters. The molecule has 2 aliphatic rings. The molecule has 0 N–H and O–H groups in total. The van der Waals surface area contributed by atoms with E-state index in [9.17, 15) is 43.9 Å². The van der Waals surface area contributed by atoms with Crippen LogP contribution in [0.3, 0.4) is 0 Å². The third-order valence-electron chi connectivity index (χ3n) is 6.06. The van der Waals surface area contributed by atoms with Crippen LogP contribution >= 0.6 is 0 Å². The van der Waals surface area contributed by atoms with Gasteiger partial charge in [0.15, 0.2) is 58.2 Å². The maximum absolute atomic E-state index is 14.9. The van der Waals surface area contributed by atoms with E-state index in [1.165, 1.54) is 18.2 Å². The van der Waals surface area contributed by atoms with Gasteiger partial charge in [-0.15, -0.1) is 0 Å². The second-order valence-electron chi connectivity index (χ2n) is 8.33. The maximum atomic E-state index is 14.9. The average Bonchev–Trinajstić information content (AvgIpc) is 3.22. The highest BCUT2D eigenvalue weighted by molar-refractivity contribution is 6.91. The molecule has 2 aromatic carbocycles. The Morgan fingerprint density at radius 1 is 0.600 bits per heavy atom. The molecule has 0 amide bonds. The summed E-state index contributed by atoms with van der Waals surface area (Å²) in [4.78, 5) is 0. The largest absolute Gasteiger partial charge is 0.254 e. The van der Waals surface area contributed by atoms with Crippen LogP contribution in [-0.4, -0.2) is 6.71 Å². The van der Waals surface area contributed by atoms with E-state index in [-0.39, 0.29) is 11.4 Å². The van der Waals surface area contributed by atoms with Gasteiger partial charge in [0.2, 0.25) is 0 Å². The lowest BCUT2D eigenvalue weighted by atomic mass is 9.34. The summed E-state index contributed by atoms with van der Waals surface area (Å²) in [6, 6.07) is 0. The van der Waals surface area contributed by atoms with Crippen LogP contribution in [0.1, 0.15) is 13.8 Å². The van der Waals surface area contributed by atoms with E-state index in [0.29, 0.717) is 11.1 Å². The first-order valence-electron chi connectivity index (χ1n) is 10.2. The SMILES string of the molecule is CC(C)C1=C2C=CC=CC2C(B(c2c(F)c(F)c(F)c(F)c2F)c2c(F)c(F)c(F)c(F)c2F)=C1. The highest BCUT2D eigenvalue weighted by Crippen LogP contribution is 2.40. The normalized spacial score (nSPS) is 16.9. The molecule has 2 aliphatic carbocycles. The molecule has 182 valence electrons. The molecule has 0 fully saturated rings. The molecule has 0 saturated heterocycles. The van der Waals surface area contributed by atoms with Crippen LogP contribution in [0.25, 0.3) is 0 Å². The van der Waals surface area contributed by atoms with Gasteiger partial charge in [0.05, 0.1) is 0 Å². The Bertz CT molecular complexity index is 1260. The van der Waals surface area contributed by atoms with Gasteiger partial charge in [-0.3, -0.25) is 0 Å². The molecular weight excluding hydrogens is 489 g/mol. The molecule has 2 aromatic rings. The van der Waals surface area contributed by atoms with Gasteiger partial charge >= 0.3 is 0 Å². The van der Waals surface area contributed by atoms with Crippen molar-refractivity contribution in [2.24, 2.45) is 11.8 Å². The van der Waals surface area contributed by atoms with E-state index in [1.54, 1.807) is 26.0 Å². The van der Waals surface area contributed by atoms with Crippen molar-refractivity contribution >= 4 is 17.6 Å². The van der Waals surface area contributed by atoms with E-state index < -0.39 is 81.7 Å². The average molecular weight is 502 g/mol. The fraction of sp³-hybridized carbons (Fsp3) is 0.167. The van der Waals surface area contributed by atoms with Crippen molar-refractivity contribution in [3.63, 3.8) is 0 Å². The molecule has 0 bridgehead atoms. The Morgan fingerprint density at radius 2 is 1.00 bits per heavy atom. The Kier molecular flexibility index (Phi) is 6.23. The smallest absolute Gasteiger partial charge is 0.204 e. The van der Waals surface area contributed by atoms with Gasteiger partial charge in [-0.2, -0.15) is 0 Å². The van der Waals surface area contributed by atoms with Gasteiger partial charge in [-0.1, -0.05) is 49.7 Å². The highest BCUT2D eigenvalue weighted by atomic mass is 19.2. The first-order valence-corrected chi connectivity index (χ1v) is 10.2. The van der Waals surface area contributed by atoms with Crippen LogP contribution in [0.2, 0.25) is 0 Å². The van der Waals surface area contributed by atoms with Crippen molar-refractivity contribution in [2.75, 3.05) is 0 Å². The van der Waals surface area contributed by atoms with Crippen LogP contribution in [-0.2, 0) is 0 Å². The lowest BCUT2D eigenvalue weighted by Crippen LogP contribution is -2.53. The lowest BCUT2D eigenvalue weighted by Gasteiger charge is -2.25. The summed E-state index contributed by atoms with van der Waals surface area (Å²) in [5, 5.41) is 0. The summed E-state index contributed by atoms with van der Waals surface area (Å²) < 4.78 is 144. The van der Waals surface area contributed by atoms with Crippen molar-refractivity contribution in [3.8, 4) is 0 Å². The van der Waals surface area contributed by atoms with Crippen LogP contribution in [0.15, 0.2) is 47.0 Å². The van der Waals surface area contributed by atoms with Gasteiger partial charge in [0.25, 0.3) is 6.71 Å². The first kappa shape index (κ1) is 24.9. The van der Waals surface area contributed by atoms with Gasteiger partial charge in [0.1, 0.15) is 0 Å². The molecule has 1 atom stereocenters. The molecule has 0 aromatic heterocycles. The summed E-state index contributed by atoms with van der Waals surface area (Å²) in [5.41, 5.74) is -2.82. The van der Waals surface area contributed by atoms with E-state index in [1.807, 2.05) is 0 Å². The number of benzene rings is 2. The van der Waals surface area contributed by atoms with Gasteiger partial charge in [0, 0.05) is 16.8 Å². The van der Waals surface area contributed by atoms with Gasteiger partial charge < -0.3 is 0 Å². The third-order valence-corrected chi connectivity index (χ3v) is 6.06. The zero-order chi connectivity index (χ0) is 25.9. The van der Waals surface area contributed by atoms with Crippen LogP contribution < -0.4 is 10.9 Å². The summed E-state index contributed by atoms with van der Waals surface area (Å²) >= 11 is 0. The minimum absolute atomic E-state index is 0.283. The summed E-state index contributed by atoms with van der Waals surface area (Å²) in [6.07, 6.45) is 7.25. The van der Waals surface area contributed by atoms with Gasteiger partial charge in [-0.25, -0.2) is 43.9 Å². The van der Waals surface area contributed by atoms with Gasteiger partial charge in [-0.05, 0) is 17.1 Å². The number of hydrogen-bond acceptors (Lipinski definition) is 0. The summed E-state index contributed by atoms with van der Waals surface area (Å²) in [7, 11) is 0. The van der Waals surface area contributed by atoms with E-state index in [0.717, 1.165) is 0 Å². The standard InChI is InChI=1S/C24H13BF10/c1-8(2)11-7-12(10-6-4-3-5-9(10)11)25(13-15(26)19(30)23(34)20(31)16(13)27)14-17(28)21(32)24(35)22(33)18(14)29/h3-8,10H,1-2H3. The molecule has 11 heteroatoms. The van der Waals surface area contributed by atoms with E-state index >= 15 is 0 Å². The lowest BCUT2D eigenvalue weighted by molar-refractivity contribution is 0.382. The monoisotopic (exact) mass is 502 g/mol. The highest BCUT2D eigenvalue weighted by Gasteiger charge is 2.45. The van der Waals surface area contributed by atoms with Crippen molar-refractivity contribution in [3.05, 3.63) is 105 Å². The topological polar surface area (TPSA) is 0 Å². The first-order chi connectivity index (χ1) is 16.4. The Balaban J connectivity index is 2.14. The van der Waals surface area contributed by atoms with Crippen LogP contribution in [0, 0.1) is 70.0 Å². The molecule has 0 radical (unpaired) electrons. The zero-order valence-electron chi connectivity index (χ0n) is 17.9. The summed E-state index contributed by atoms with van der Waals surface area (Å²) in [6.45, 7) is 0.865. The van der Waals surface area contributed by atoms with Crippen molar-refractivity contribution in [1.82, 2.24) is 0 Å². The van der Waals surface area contributed by atoms with E-state index in [4.69, 9.17) is 0 Å². The molecule has 0 saturated carbocycles. The molecule has 4 rings (SSSR count). The fourth-order valence-corrected chi connectivity index (χ4v) is 4.45.